The van der Waals surface area contributed by atoms with E-state index in [1.165, 1.54) is 7.11 Å². The Kier molecular flexibility index (Phi) is 4.08. The Labute approximate surface area is 139 Å². The maximum Gasteiger partial charge on any atom is 0.339 e. The van der Waals surface area contributed by atoms with Gasteiger partial charge in [0, 0.05) is 16.6 Å². The second-order valence-corrected chi connectivity index (χ2v) is 5.67. The lowest BCUT2D eigenvalue weighted by Gasteiger charge is -2.10. The highest BCUT2D eigenvalue weighted by atomic mass is 16.5. The van der Waals surface area contributed by atoms with Crippen molar-refractivity contribution < 1.29 is 14.3 Å². The van der Waals surface area contributed by atoms with E-state index in [0.717, 1.165) is 22.2 Å². The summed E-state index contributed by atoms with van der Waals surface area (Å²) in [6.45, 7) is 3.86. The van der Waals surface area contributed by atoms with Crippen molar-refractivity contribution in [3.8, 4) is 0 Å². The molecule has 2 N–H and O–H groups in total. The number of para-hydroxylation sites is 1. The topological polar surface area (TPSA) is 71.2 Å². The van der Waals surface area contributed by atoms with Crippen LogP contribution < -0.4 is 5.32 Å². The van der Waals surface area contributed by atoms with Crippen molar-refractivity contribution in [2.24, 2.45) is 0 Å². The van der Waals surface area contributed by atoms with Crippen molar-refractivity contribution >= 4 is 28.5 Å². The first kappa shape index (κ1) is 15.8. The van der Waals surface area contributed by atoms with Crippen molar-refractivity contribution in [1.82, 2.24) is 4.98 Å². The van der Waals surface area contributed by atoms with Gasteiger partial charge in [-0.3, -0.25) is 4.79 Å². The average molecular weight is 322 g/mol. The fourth-order valence-corrected chi connectivity index (χ4v) is 2.80. The molecule has 0 radical (unpaired) electrons. The fourth-order valence-electron chi connectivity index (χ4n) is 2.80. The van der Waals surface area contributed by atoms with Crippen LogP contribution in [0.4, 0.5) is 5.69 Å². The summed E-state index contributed by atoms with van der Waals surface area (Å²) in [5.74, 6) is -0.754. The molecule has 1 amide bonds. The van der Waals surface area contributed by atoms with Crippen molar-refractivity contribution in [2.75, 3.05) is 12.4 Å². The van der Waals surface area contributed by atoms with Gasteiger partial charge in [-0.1, -0.05) is 24.3 Å². The zero-order valence-corrected chi connectivity index (χ0v) is 13.8. The summed E-state index contributed by atoms with van der Waals surface area (Å²) in [7, 11) is 1.31. The molecule has 0 fully saturated rings. The van der Waals surface area contributed by atoms with Crippen LogP contribution in [0.1, 0.15) is 32.0 Å². The third kappa shape index (κ3) is 2.76. The van der Waals surface area contributed by atoms with Crippen molar-refractivity contribution in [3.05, 3.63) is 64.8 Å². The number of carbonyl (C=O) groups excluding carboxylic acids is 2. The van der Waals surface area contributed by atoms with Gasteiger partial charge in [0.2, 0.25) is 0 Å². The number of anilines is 1. The van der Waals surface area contributed by atoms with E-state index in [9.17, 15) is 9.59 Å². The van der Waals surface area contributed by atoms with Gasteiger partial charge < -0.3 is 15.0 Å². The number of aryl methyl sites for hydroxylation is 2. The minimum Gasteiger partial charge on any atom is -0.465 e. The maximum absolute atomic E-state index is 12.8. The fraction of sp³-hybridized carbons (Fsp3) is 0.158. The van der Waals surface area contributed by atoms with Crippen LogP contribution in [0.25, 0.3) is 10.9 Å². The molecule has 5 heteroatoms. The summed E-state index contributed by atoms with van der Waals surface area (Å²) < 4.78 is 4.76. The third-order valence-electron chi connectivity index (χ3n) is 3.95. The molecule has 3 aromatic rings. The Balaban J connectivity index is 2.00. The number of carbonyl (C=O) groups is 2. The lowest BCUT2D eigenvalue weighted by Crippen LogP contribution is -2.16. The molecule has 5 nitrogen and oxygen atoms in total. The number of benzene rings is 2. The quantitative estimate of drug-likeness (QED) is 0.720. The van der Waals surface area contributed by atoms with E-state index in [4.69, 9.17) is 4.74 Å². The number of methoxy groups -OCH3 is 1. The third-order valence-corrected chi connectivity index (χ3v) is 3.95. The van der Waals surface area contributed by atoms with E-state index in [1.54, 1.807) is 24.3 Å². The van der Waals surface area contributed by atoms with Gasteiger partial charge in [0.1, 0.15) is 0 Å². The van der Waals surface area contributed by atoms with E-state index in [0.29, 0.717) is 16.8 Å². The largest absolute Gasteiger partial charge is 0.465 e. The molecule has 1 aromatic heterocycles. The Bertz CT molecular complexity index is 941. The molecule has 0 bridgehead atoms. The minimum absolute atomic E-state index is 0.265. The van der Waals surface area contributed by atoms with Crippen molar-refractivity contribution in [1.29, 1.82) is 0 Å². The number of aromatic amines is 1. The monoisotopic (exact) mass is 322 g/mol. The minimum atomic E-state index is -0.489. The number of fused-ring (bicyclic) bond motifs is 1. The SMILES string of the molecule is COC(=O)c1ccccc1NC(=O)c1c(C)[nH]c2cc(C)ccc12. The van der Waals surface area contributed by atoms with Gasteiger partial charge in [-0.05, 0) is 37.6 Å². The number of ether oxygens (including phenoxy) is 1. The second-order valence-electron chi connectivity index (χ2n) is 5.67. The molecule has 0 saturated heterocycles. The summed E-state index contributed by atoms with van der Waals surface area (Å²) in [5.41, 5.74) is 4.14. The van der Waals surface area contributed by atoms with Crippen LogP contribution in [-0.4, -0.2) is 24.0 Å². The average Bonchev–Trinajstić information content (AvgIpc) is 2.89. The molecular formula is C19H18N2O3. The number of nitrogens with one attached hydrogen (secondary N) is 2. The van der Waals surface area contributed by atoms with Crippen LogP contribution in [0, 0.1) is 13.8 Å². The van der Waals surface area contributed by atoms with Crippen molar-refractivity contribution in [3.63, 3.8) is 0 Å². The molecule has 0 aliphatic carbocycles. The molecule has 122 valence electrons. The highest BCUT2D eigenvalue weighted by molar-refractivity contribution is 6.15. The summed E-state index contributed by atoms with van der Waals surface area (Å²) in [4.78, 5) is 27.8. The first-order valence-electron chi connectivity index (χ1n) is 7.59. The van der Waals surface area contributed by atoms with Crippen molar-refractivity contribution in [2.45, 2.75) is 13.8 Å². The van der Waals surface area contributed by atoms with Gasteiger partial charge in [-0.15, -0.1) is 0 Å². The predicted molar refractivity (Wildman–Crippen MR) is 93.5 cm³/mol. The highest BCUT2D eigenvalue weighted by Gasteiger charge is 2.19. The molecule has 0 aliphatic heterocycles. The summed E-state index contributed by atoms with van der Waals surface area (Å²) in [6.07, 6.45) is 0. The number of H-pyrrole nitrogens is 1. The molecule has 0 saturated carbocycles. The number of aromatic nitrogens is 1. The van der Waals surface area contributed by atoms with E-state index in [1.807, 2.05) is 32.0 Å². The van der Waals surface area contributed by atoms with Gasteiger partial charge in [-0.2, -0.15) is 0 Å². The van der Waals surface area contributed by atoms with Crippen LogP contribution >= 0.6 is 0 Å². The van der Waals surface area contributed by atoms with Crippen LogP contribution in [0.2, 0.25) is 0 Å². The summed E-state index contributed by atoms with van der Waals surface area (Å²) in [5, 5.41) is 3.67. The molecule has 3 rings (SSSR count). The molecule has 0 spiro atoms. The van der Waals surface area contributed by atoms with Crippen LogP contribution in [0.3, 0.4) is 0 Å². The number of rotatable bonds is 3. The lowest BCUT2D eigenvalue weighted by atomic mass is 10.1. The number of amides is 1. The number of hydrogen-bond acceptors (Lipinski definition) is 3. The Hall–Kier alpha value is -3.08. The highest BCUT2D eigenvalue weighted by Crippen LogP contribution is 2.25. The van der Waals surface area contributed by atoms with E-state index < -0.39 is 5.97 Å². The molecule has 24 heavy (non-hydrogen) atoms. The molecule has 0 aliphatic rings. The van der Waals surface area contributed by atoms with Crippen LogP contribution in [0.15, 0.2) is 42.5 Å². The molecule has 1 heterocycles. The lowest BCUT2D eigenvalue weighted by molar-refractivity contribution is 0.0602. The summed E-state index contributed by atoms with van der Waals surface area (Å²) in [6, 6.07) is 12.7. The van der Waals surface area contributed by atoms with Gasteiger partial charge in [0.25, 0.3) is 5.91 Å². The van der Waals surface area contributed by atoms with Gasteiger partial charge in [0.05, 0.1) is 23.9 Å². The normalized spacial score (nSPS) is 10.6. The predicted octanol–water partition coefficient (Wildman–Crippen LogP) is 3.82. The number of hydrogen-bond donors (Lipinski definition) is 2. The molecule has 0 unspecified atom stereocenters. The Morgan fingerprint density at radius 3 is 2.58 bits per heavy atom. The molecule has 2 aromatic carbocycles. The summed E-state index contributed by atoms with van der Waals surface area (Å²) >= 11 is 0. The Morgan fingerprint density at radius 2 is 1.83 bits per heavy atom. The number of esters is 1. The van der Waals surface area contributed by atoms with Crippen LogP contribution in [0.5, 0.6) is 0 Å². The first-order valence-corrected chi connectivity index (χ1v) is 7.59. The Morgan fingerprint density at radius 1 is 1.08 bits per heavy atom. The molecular weight excluding hydrogens is 304 g/mol. The van der Waals surface area contributed by atoms with E-state index in [-0.39, 0.29) is 5.91 Å². The van der Waals surface area contributed by atoms with Gasteiger partial charge >= 0.3 is 5.97 Å². The maximum atomic E-state index is 12.8. The standard InChI is InChI=1S/C19H18N2O3/c1-11-8-9-13-16(10-11)20-12(2)17(13)18(22)21-15-7-5-4-6-14(15)19(23)24-3/h4-10,20H,1-3H3,(H,21,22). The first-order chi connectivity index (χ1) is 11.5. The zero-order chi connectivity index (χ0) is 17.3. The molecule has 0 atom stereocenters. The zero-order valence-electron chi connectivity index (χ0n) is 13.8. The van der Waals surface area contributed by atoms with E-state index >= 15 is 0 Å². The van der Waals surface area contributed by atoms with Gasteiger partial charge in [-0.25, -0.2) is 4.79 Å². The van der Waals surface area contributed by atoms with E-state index in [2.05, 4.69) is 10.3 Å². The second kappa shape index (κ2) is 6.20. The van der Waals surface area contributed by atoms with Gasteiger partial charge in [0.15, 0.2) is 0 Å². The smallest absolute Gasteiger partial charge is 0.339 e. The van der Waals surface area contributed by atoms with Crippen LogP contribution in [-0.2, 0) is 4.74 Å².